The molecular weight excluding hydrogens is 286 g/mol. The van der Waals surface area contributed by atoms with E-state index in [0.29, 0.717) is 6.04 Å². The van der Waals surface area contributed by atoms with Crippen molar-refractivity contribution in [2.24, 2.45) is 16.7 Å². The Hall–Kier alpha value is -0.610. The summed E-state index contributed by atoms with van der Waals surface area (Å²) in [6.45, 7) is 13.6. The third kappa shape index (κ3) is 3.17. The van der Waals surface area contributed by atoms with Gasteiger partial charge in [0.25, 0.3) is 0 Å². The van der Waals surface area contributed by atoms with Crippen LogP contribution in [0.3, 0.4) is 0 Å². The number of nitrogens with zero attached hydrogens (tertiary/aromatic N) is 2. The van der Waals surface area contributed by atoms with Crippen LogP contribution in [0.1, 0.15) is 53.4 Å². The van der Waals surface area contributed by atoms with Crippen molar-refractivity contribution in [3.05, 3.63) is 0 Å². The number of piperidine rings is 2. The number of likely N-dealkylation sites (tertiary alicyclic amines) is 2. The van der Waals surface area contributed by atoms with Gasteiger partial charge in [-0.15, -0.1) is 0 Å². The number of nitrogens with one attached hydrogen (secondary N) is 1. The Labute approximate surface area is 142 Å². The molecule has 2 aliphatic heterocycles. The molecule has 4 nitrogen and oxygen atoms in total. The molecule has 0 bridgehead atoms. The van der Waals surface area contributed by atoms with Crippen LogP contribution in [0.2, 0.25) is 0 Å². The standard InChI is InChI=1S/C19H35N3O/c1-18(2)16(19(18,3)4)17(23)20-14-7-6-10-22(13-14)15-8-11-21(5)12-9-15/h14-16H,6-13H2,1-5H3,(H,20,23). The van der Waals surface area contributed by atoms with E-state index < -0.39 is 0 Å². The monoisotopic (exact) mass is 321 g/mol. The molecule has 1 unspecified atom stereocenters. The highest BCUT2D eigenvalue weighted by atomic mass is 16.2. The van der Waals surface area contributed by atoms with Crippen LogP contribution in [0.25, 0.3) is 0 Å². The summed E-state index contributed by atoms with van der Waals surface area (Å²) in [5, 5.41) is 3.38. The molecule has 2 saturated heterocycles. The predicted molar refractivity (Wildman–Crippen MR) is 94.3 cm³/mol. The summed E-state index contributed by atoms with van der Waals surface area (Å²) in [4.78, 5) is 17.8. The lowest BCUT2D eigenvalue weighted by Crippen LogP contribution is -2.53. The molecule has 1 saturated carbocycles. The molecule has 132 valence electrons. The van der Waals surface area contributed by atoms with Crippen molar-refractivity contribution >= 4 is 5.91 Å². The van der Waals surface area contributed by atoms with Crippen LogP contribution in [-0.2, 0) is 4.79 Å². The van der Waals surface area contributed by atoms with E-state index in [0.717, 1.165) is 19.0 Å². The molecule has 1 N–H and O–H groups in total. The van der Waals surface area contributed by atoms with E-state index in [4.69, 9.17) is 0 Å². The lowest BCUT2D eigenvalue weighted by molar-refractivity contribution is -0.124. The van der Waals surface area contributed by atoms with Crippen molar-refractivity contribution in [2.75, 3.05) is 33.2 Å². The highest BCUT2D eigenvalue weighted by Crippen LogP contribution is 2.68. The second kappa shape index (κ2) is 6.03. The van der Waals surface area contributed by atoms with Gasteiger partial charge in [-0.2, -0.15) is 0 Å². The highest BCUT2D eigenvalue weighted by molar-refractivity contribution is 5.84. The lowest BCUT2D eigenvalue weighted by atomic mass is 9.98. The van der Waals surface area contributed by atoms with Crippen molar-refractivity contribution in [3.8, 4) is 0 Å². The number of hydrogen-bond donors (Lipinski definition) is 1. The first-order valence-electron chi connectivity index (χ1n) is 9.46. The smallest absolute Gasteiger partial charge is 0.224 e. The molecule has 1 atom stereocenters. The maximum atomic E-state index is 12.7. The number of hydrogen-bond acceptors (Lipinski definition) is 3. The van der Waals surface area contributed by atoms with Crippen LogP contribution < -0.4 is 5.32 Å². The number of rotatable bonds is 3. The Morgan fingerprint density at radius 1 is 1.00 bits per heavy atom. The summed E-state index contributed by atoms with van der Waals surface area (Å²) in [5.74, 6) is 0.462. The Morgan fingerprint density at radius 2 is 1.61 bits per heavy atom. The molecule has 1 aliphatic carbocycles. The molecule has 0 aromatic heterocycles. The lowest BCUT2D eigenvalue weighted by Gasteiger charge is -2.41. The van der Waals surface area contributed by atoms with Gasteiger partial charge >= 0.3 is 0 Å². The average molecular weight is 322 g/mol. The van der Waals surface area contributed by atoms with Crippen molar-refractivity contribution in [1.29, 1.82) is 0 Å². The van der Waals surface area contributed by atoms with Gasteiger partial charge in [0.15, 0.2) is 0 Å². The number of carbonyl (C=O) groups is 1. The Bertz CT molecular complexity index is 438. The van der Waals surface area contributed by atoms with E-state index in [1.54, 1.807) is 0 Å². The van der Waals surface area contributed by atoms with Gasteiger partial charge in [0.1, 0.15) is 0 Å². The van der Waals surface area contributed by atoms with Gasteiger partial charge in [-0.05, 0) is 63.2 Å². The van der Waals surface area contributed by atoms with Crippen LogP contribution in [0.15, 0.2) is 0 Å². The summed E-state index contributed by atoms with van der Waals surface area (Å²) >= 11 is 0. The minimum Gasteiger partial charge on any atom is -0.352 e. The summed E-state index contributed by atoms with van der Waals surface area (Å²) in [5.41, 5.74) is 0.277. The molecule has 23 heavy (non-hydrogen) atoms. The van der Waals surface area contributed by atoms with Gasteiger partial charge in [0.05, 0.1) is 0 Å². The molecule has 0 radical (unpaired) electrons. The van der Waals surface area contributed by atoms with E-state index in [9.17, 15) is 4.79 Å². The van der Waals surface area contributed by atoms with Gasteiger partial charge in [0, 0.05) is 24.5 Å². The van der Waals surface area contributed by atoms with Crippen molar-refractivity contribution in [3.63, 3.8) is 0 Å². The number of amides is 1. The zero-order valence-corrected chi connectivity index (χ0v) is 15.7. The topological polar surface area (TPSA) is 35.6 Å². The summed E-state index contributed by atoms with van der Waals surface area (Å²) in [6.07, 6.45) is 4.91. The fourth-order valence-electron chi connectivity index (χ4n) is 4.95. The first-order chi connectivity index (χ1) is 10.7. The van der Waals surface area contributed by atoms with Gasteiger partial charge in [-0.25, -0.2) is 0 Å². The minimum absolute atomic E-state index is 0.138. The fraction of sp³-hybridized carbons (Fsp3) is 0.947. The van der Waals surface area contributed by atoms with Crippen molar-refractivity contribution < 1.29 is 4.79 Å². The Kier molecular flexibility index (Phi) is 4.52. The number of carbonyl (C=O) groups excluding carboxylic acids is 1. The second-order valence-corrected chi connectivity index (χ2v) is 9.25. The minimum atomic E-state index is 0.138. The summed E-state index contributed by atoms with van der Waals surface area (Å²) in [6, 6.07) is 1.07. The van der Waals surface area contributed by atoms with Crippen molar-refractivity contribution in [2.45, 2.75) is 65.5 Å². The molecule has 0 spiro atoms. The maximum absolute atomic E-state index is 12.7. The van der Waals surface area contributed by atoms with E-state index >= 15 is 0 Å². The molecule has 4 heteroatoms. The quantitative estimate of drug-likeness (QED) is 0.867. The molecule has 2 heterocycles. The molecule has 3 aliphatic rings. The molecule has 3 rings (SSSR count). The molecular formula is C19H35N3O. The third-order valence-electron chi connectivity index (χ3n) is 7.29. The predicted octanol–water partition coefficient (Wildman–Crippen LogP) is 2.34. The zero-order chi connectivity index (χ0) is 16.8. The van der Waals surface area contributed by atoms with Crippen LogP contribution >= 0.6 is 0 Å². The van der Waals surface area contributed by atoms with Crippen LogP contribution in [0.4, 0.5) is 0 Å². The van der Waals surface area contributed by atoms with Gasteiger partial charge in [-0.1, -0.05) is 27.7 Å². The van der Waals surface area contributed by atoms with E-state index in [2.05, 4.69) is 49.9 Å². The Balaban J connectivity index is 1.52. The van der Waals surface area contributed by atoms with Crippen molar-refractivity contribution in [1.82, 2.24) is 15.1 Å². The van der Waals surface area contributed by atoms with E-state index in [1.807, 2.05) is 0 Å². The molecule has 1 amide bonds. The largest absolute Gasteiger partial charge is 0.352 e. The SMILES string of the molecule is CN1CCC(N2CCCC(NC(=O)C3C(C)(C)C3(C)C)C2)CC1. The summed E-state index contributed by atoms with van der Waals surface area (Å²) in [7, 11) is 2.22. The van der Waals surface area contributed by atoms with Crippen LogP contribution in [0.5, 0.6) is 0 Å². The van der Waals surface area contributed by atoms with Gasteiger partial charge in [-0.3, -0.25) is 9.69 Å². The third-order valence-corrected chi connectivity index (χ3v) is 7.29. The second-order valence-electron chi connectivity index (χ2n) is 9.25. The fourth-order valence-corrected chi connectivity index (χ4v) is 4.95. The summed E-state index contributed by atoms with van der Waals surface area (Å²) < 4.78 is 0. The molecule has 3 fully saturated rings. The van der Waals surface area contributed by atoms with Crippen LogP contribution in [0, 0.1) is 16.7 Å². The maximum Gasteiger partial charge on any atom is 0.224 e. The highest BCUT2D eigenvalue weighted by Gasteiger charge is 2.68. The van der Waals surface area contributed by atoms with Gasteiger partial charge in [0.2, 0.25) is 5.91 Å². The first-order valence-corrected chi connectivity index (χ1v) is 9.46. The van der Waals surface area contributed by atoms with Crippen LogP contribution in [-0.4, -0.2) is 61.0 Å². The van der Waals surface area contributed by atoms with E-state index in [-0.39, 0.29) is 22.7 Å². The first kappa shape index (κ1) is 17.2. The average Bonchev–Trinajstić information content (AvgIpc) is 2.89. The molecule has 0 aromatic carbocycles. The van der Waals surface area contributed by atoms with E-state index in [1.165, 1.54) is 38.9 Å². The Morgan fingerprint density at radius 3 is 2.17 bits per heavy atom. The molecule has 0 aromatic rings. The van der Waals surface area contributed by atoms with Gasteiger partial charge < -0.3 is 10.2 Å². The normalized spacial score (nSPS) is 32.7. The zero-order valence-electron chi connectivity index (χ0n) is 15.7.